The number of aromatic amines is 1. The van der Waals surface area contributed by atoms with Crippen LogP contribution in [0.4, 0.5) is 0 Å². The molecule has 228 valence electrons. The van der Waals surface area contributed by atoms with Crippen LogP contribution in [0.2, 0.25) is 5.02 Å². The maximum Gasteiger partial charge on any atom is 0.307 e. The first-order chi connectivity index (χ1) is 19.0. The van der Waals surface area contributed by atoms with Gasteiger partial charge in [0, 0.05) is 13.0 Å². The largest absolute Gasteiger partial charge is 0.465 e. The molecule has 0 bridgehead atoms. The molecule has 0 aliphatic heterocycles. The van der Waals surface area contributed by atoms with Crippen molar-refractivity contribution < 1.29 is 22.7 Å². The number of carbonyl (C=O) groups is 2. The number of esters is 1. The third-order valence-corrected chi connectivity index (χ3v) is 9.26. The summed E-state index contributed by atoms with van der Waals surface area (Å²) in [5, 5.41) is 14.5. The summed E-state index contributed by atoms with van der Waals surface area (Å²) < 4.78 is 31.6. The predicted octanol–water partition coefficient (Wildman–Crippen LogP) is 5.46. The molecule has 12 heteroatoms. The number of halogens is 1. The van der Waals surface area contributed by atoms with E-state index in [4.69, 9.17) is 16.3 Å². The van der Waals surface area contributed by atoms with Crippen LogP contribution in [0, 0.1) is 6.92 Å². The van der Waals surface area contributed by atoms with Crippen molar-refractivity contribution in [3.8, 4) is 0 Å². The van der Waals surface area contributed by atoms with Crippen LogP contribution in [0.5, 0.6) is 0 Å². The van der Waals surface area contributed by atoms with E-state index in [1.54, 1.807) is 4.52 Å². The van der Waals surface area contributed by atoms with Crippen molar-refractivity contribution in [2.75, 3.05) is 24.7 Å². The lowest BCUT2D eigenvalue weighted by Crippen LogP contribution is -2.31. The molecule has 0 unspecified atom stereocenters. The van der Waals surface area contributed by atoms with Crippen LogP contribution in [-0.2, 0) is 29.6 Å². The summed E-state index contributed by atoms with van der Waals surface area (Å²) in [7, 11) is -3.15. The highest BCUT2D eigenvalue weighted by Crippen LogP contribution is 2.26. The van der Waals surface area contributed by atoms with Crippen molar-refractivity contribution in [2.24, 2.45) is 0 Å². The van der Waals surface area contributed by atoms with E-state index in [2.05, 4.69) is 27.5 Å². The Morgan fingerprint density at radius 1 is 0.950 bits per heavy atom. The van der Waals surface area contributed by atoms with E-state index in [1.165, 1.54) is 44.9 Å². The zero-order valence-electron chi connectivity index (χ0n) is 24.7. The number of H-pyrrole nitrogens is 1. The monoisotopic (exact) mass is 601 g/mol. The summed E-state index contributed by atoms with van der Waals surface area (Å²) in [6, 6.07) is 0. The lowest BCUT2D eigenvalue weighted by atomic mass is 9.94. The first-order valence-electron chi connectivity index (χ1n) is 14.7. The number of nitrogens with zero attached hydrogens (tertiary/aromatic N) is 3. The zero-order chi connectivity index (χ0) is 29.6. The molecule has 40 heavy (non-hydrogen) atoms. The predicted molar refractivity (Wildman–Crippen MR) is 158 cm³/mol. The van der Waals surface area contributed by atoms with Crippen molar-refractivity contribution in [3.63, 3.8) is 0 Å². The van der Waals surface area contributed by atoms with Gasteiger partial charge in [-0.15, -0.1) is 10.2 Å². The molecule has 0 aliphatic carbocycles. The SMILES string of the molecule is CCCCCCCCCCCCS(=O)(=O)CCCC(=O)NCCC(=O)OCC(C)(C)c1nnc2c(Cl)c(C)[nH]n12. The van der Waals surface area contributed by atoms with Crippen molar-refractivity contribution >= 4 is 39.0 Å². The standard InChI is InChI=1S/C28H48ClN5O5S/c1-5-6-7-8-9-10-11-12-13-14-19-40(37,38)20-15-16-23(35)30-18-17-24(36)39-21-28(3,4)27-32-31-26-25(29)22(2)33-34(26)27/h33H,5-21H2,1-4H3,(H,30,35). The summed E-state index contributed by atoms with van der Waals surface area (Å²) in [6.45, 7) is 8.02. The summed E-state index contributed by atoms with van der Waals surface area (Å²) >= 11 is 6.22. The molecule has 0 spiro atoms. The summed E-state index contributed by atoms with van der Waals surface area (Å²) in [6.07, 6.45) is 12.0. The summed E-state index contributed by atoms with van der Waals surface area (Å²) in [5.74, 6) is 0.0587. The van der Waals surface area contributed by atoms with Crippen LogP contribution < -0.4 is 5.32 Å². The second-order valence-corrected chi connectivity index (χ2v) is 14.0. The van der Waals surface area contributed by atoms with Gasteiger partial charge >= 0.3 is 5.97 Å². The van der Waals surface area contributed by atoms with Crippen molar-refractivity contribution in [1.29, 1.82) is 0 Å². The minimum Gasteiger partial charge on any atom is -0.465 e. The zero-order valence-corrected chi connectivity index (χ0v) is 26.3. The molecule has 0 aromatic carbocycles. The number of amides is 1. The molecule has 2 aromatic rings. The Labute approximate surface area is 244 Å². The van der Waals surface area contributed by atoms with Crippen LogP contribution in [0.3, 0.4) is 0 Å². The fourth-order valence-corrected chi connectivity index (χ4v) is 6.11. The molecule has 2 aromatic heterocycles. The molecule has 10 nitrogen and oxygen atoms in total. The maximum atomic E-state index is 12.3. The van der Waals surface area contributed by atoms with Crippen molar-refractivity contribution in [1.82, 2.24) is 25.1 Å². The second kappa shape index (κ2) is 17.0. The first-order valence-corrected chi connectivity index (χ1v) is 16.9. The molecular formula is C28H48ClN5O5S. The number of aryl methyl sites for hydroxylation is 1. The van der Waals surface area contributed by atoms with Crippen molar-refractivity contribution in [3.05, 3.63) is 16.5 Å². The highest BCUT2D eigenvalue weighted by Gasteiger charge is 2.30. The molecule has 0 radical (unpaired) electrons. The lowest BCUT2D eigenvalue weighted by Gasteiger charge is -2.21. The summed E-state index contributed by atoms with van der Waals surface area (Å²) in [4.78, 5) is 24.3. The highest BCUT2D eigenvalue weighted by atomic mass is 35.5. The number of aromatic nitrogens is 4. The number of ether oxygens (including phenoxy) is 1. The van der Waals surface area contributed by atoms with Gasteiger partial charge in [-0.1, -0.05) is 76.3 Å². The first kappa shape index (κ1) is 34.1. The number of fused-ring (bicyclic) bond motifs is 1. The van der Waals surface area contributed by atoms with Crippen molar-refractivity contribution in [2.45, 2.75) is 117 Å². The van der Waals surface area contributed by atoms with Crippen LogP contribution in [-0.4, -0.2) is 64.8 Å². The normalized spacial score (nSPS) is 12.2. The third-order valence-electron chi connectivity index (χ3n) is 6.99. The molecule has 0 saturated heterocycles. The van der Waals surface area contributed by atoms with Gasteiger partial charge in [0.2, 0.25) is 5.91 Å². The van der Waals surface area contributed by atoms with Crippen LogP contribution in [0.15, 0.2) is 0 Å². The Morgan fingerprint density at radius 3 is 2.20 bits per heavy atom. The van der Waals surface area contributed by atoms with Gasteiger partial charge in [0.15, 0.2) is 11.5 Å². The van der Waals surface area contributed by atoms with Gasteiger partial charge in [0.25, 0.3) is 0 Å². The Hall–Kier alpha value is -2.14. The number of rotatable bonds is 21. The fourth-order valence-electron chi connectivity index (χ4n) is 4.51. The van der Waals surface area contributed by atoms with E-state index in [0.29, 0.717) is 22.9 Å². The van der Waals surface area contributed by atoms with E-state index < -0.39 is 21.2 Å². The molecule has 1 amide bonds. The smallest absolute Gasteiger partial charge is 0.307 e. The van der Waals surface area contributed by atoms with Gasteiger partial charge in [0.05, 0.1) is 29.0 Å². The summed E-state index contributed by atoms with van der Waals surface area (Å²) in [5.41, 5.74) is 0.657. The van der Waals surface area contributed by atoms with Gasteiger partial charge < -0.3 is 10.1 Å². The molecule has 2 rings (SSSR count). The maximum absolute atomic E-state index is 12.3. The average molecular weight is 602 g/mol. The Bertz CT molecular complexity index is 1180. The van der Waals surface area contributed by atoms with Gasteiger partial charge in [-0.25, -0.2) is 12.9 Å². The minimum absolute atomic E-state index is 0.0103. The average Bonchev–Trinajstić information content (AvgIpc) is 3.43. The quantitative estimate of drug-likeness (QED) is 0.143. The fraction of sp³-hybridized carbons (Fsp3) is 0.786. The second-order valence-electron chi connectivity index (χ2n) is 11.3. The van der Waals surface area contributed by atoms with Gasteiger partial charge in [-0.2, -0.15) is 0 Å². The Morgan fingerprint density at radius 2 is 1.55 bits per heavy atom. The molecular weight excluding hydrogens is 554 g/mol. The lowest BCUT2D eigenvalue weighted by molar-refractivity contribution is -0.145. The number of hydrogen-bond donors (Lipinski definition) is 2. The molecule has 2 heterocycles. The van der Waals surface area contributed by atoms with E-state index in [0.717, 1.165) is 18.5 Å². The topological polar surface area (TPSA) is 136 Å². The van der Waals surface area contributed by atoms with Gasteiger partial charge in [0.1, 0.15) is 21.5 Å². The Kier molecular flexibility index (Phi) is 14.4. The van der Waals surface area contributed by atoms with E-state index in [1.807, 2.05) is 20.8 Å². The van der Waals surface area contributed by atoms with Crippen LogP contribution in [0.1, 0.15) is 116 Å². The Balaban J connectivity index is 1.54. The van der Waals surface area contributed by atoms with E-state index >= 15 is 0 Å². The third kappa shape index (κ3) is 11.8. The number of carbonyl (C=O) groups excluding carboxylic acids is 2. The molecule has 0 saturated carbocycles. The molecule has 0 atom stereocenters. The van der Waals surface area contributed by atoms with Crippen LogP contribution >= 0.6 is 11.6 Å². The highest BCUT2D eigenvalue weighted by molar-refractivity contribution is 7.91. The molecule has 0 aliphatic rings. The minimum atomic E-state index is -3.15. The number of sulfone groups is 1. The van der Waals surface area contributed by atoms with Gasteiger partial charge in [-0.3, -0.25) is 14.7 Å². The number of unbranched alkanes of at least 4 members (excludes halogenated alkanes) is 9. The molecule has 2 N–H and O–H groups in total. The number of hydrogen-bond acceptors (Lipinski definition) is 7. The van der Waals surface area contributed by atoms with E-state index in [9.17, 15) is 18.0 Å². The van der Waals surface area contributed by atoms with E-state index in [-0.39, 0.29) is 49.8 Å². The van der Waals surface area contributed by atoms with Crippen LogP contribution in [0.25, 0.3) is 5.65 Å². The van der Waals surface area contributed by atoms with Gasteiger partial charge in [-0.05, 0) is 33.6 Å². The number of nitrogens with one attached hydrogen (secondary N) is 2. The molecule has 0 fully saturated rings.